The van der Waals surface area contributed by atoms with Gasteiger partial charge in [0.1, 0.15) is 0 Å². The van der Waals surface area contributed by atoms with Crippen molar-refractivity contribution in [2.24, 2.45) is 5.10 Å². The summed E-state index contributed by atoms with van der Waals surface area (Å²) in [5.41, 5.74) is -2.78. The summed E-state index contributed by atoms with van der Waals surface area (Å²) in [5.74, 6) is 0. The Kier molecular flexibility index (Phi) is 6.21. The average molecular weight is 455 g/mol. The zero-order chi connectivity index (χ0) is 20.3. The predicted molar refractivity (Wildman–Crippen MR) is 92.4 cm³/mol. The number of hydrogen-bond acceptors (Lipinski definition) is 3. The summed E-state index contributed by atoms with van der Waals surface area (Å²) >= 11 is 3.13. The first-order valence-electron chi connectivity index (χ1n) is 7.43. The largest absolute Gasteiger partial charge is 0.426 e. The molecule has 2 aromatic carbocycles. The van der Waals surface area contributed by atoms with Crippen LogP contribution < -0.4 is 5.43 Å². The molecule has 0 unspecified atom stereocenters. The smallest absolute Gasteiger partial charge is 0.373 e. The van der Waals surface area contributed by atoms with Gasteiger partial charge in [-0.2, -0.15) is 31.4 Å². The van der Waals surface area contributed by atoms with Crippen LogP contribution in [0, 0.1) is 0 Å². The van der Waals surface area contributed by atoms with E-state index in [-0.39, 0.29) is 5.56 Å². The molecule has 0 aliphatic rings. The lowest BCUT2D eigenvalue weighted by Crippen LogP contribution is -2.58. The summed E-state index contributed by atoms with van der Waals surface area (Å²) in [4.78, 5) is 0. The summed E-state index contributed by atoms with van der Waals surface area (Å²) < 4.78 is 78.9. The van der Waals surface area contributed by atoms with Crippen LogP contribution >= 0.6 is 15.9 Å². The number of benzene rings is 2. The van der Waals surface area contributed by atoms with Gasteiger partial charge in [-0.3, -0.25) is 5.43 Å². The van der Waals surface area contributed by atoms with Gasteiger partial charge in [-0.05, 0) is 29.8 Å². The number of para-hydroxylation sites is 1. The van der Waals surface area contributed by atoms with Crippen LogP contribution in [0.4, 0.5) is 32.0 Å². The van der Waals surface area contributed by atoms with Crippen LogP contribution in [0.1, 0.15) is 12.0 Å². The van der Waals surface area contributed by atoms with Gasteiger partial charge in [-0.15, -0.1) is 0 Å². The predicted octanol–water partition coefficient (Wildman–Crippen LogP) is 5.51. The quantitative estimate of drug-likeness (QED) is 0.355. The van der Waals surface area contributed by atoms with E-state index in [0.29, 0.717) is 10.2 Å². The van der Waals surface area contributed by atoms with Crippen molar-refractivity contribution in [3.05, 3.63) is 64.6 Å². The molecule has 0 fully saturated rings. The van der Waals surface area contributed by atoms with Gasteiger partial charge in [-0.1, -0.05) is 46.3 Å². The molecule has 0 bridgehead atoms. The van der Waals surface area contributed by atoms with Crippen LogP contribution in [0.2, 0.25) is 0 Å². The zero-order valence-corrected chi connectivity index (χ0v) is 15.0. The van der Waals surface area contributed by atoms with Crippen LogP contribution in [0.5, 0.6) is 0 Å². The lowest BCUT2D eigenvalue weighted by molar-refractivity contribution is -0.365. The number of hydrogen-bond donors (Lipinski definition) is 2. The molecule has 0 heterocycles. The van der Waals surface area contributed by atoms with Crippen molar-refractivity contribution >= 4 is 27.3 Å². The maximum Gasteiger partial charge on any atom is 0.426 e. The van der Waals surface area contributed by atoms with E-state index in [4.69, 9.17) is 0 Å². The van der Waals surface area contributed by atoms with Crippen LogP contribution in [0.3, 0.4) is 0 Å². The Labute approximate surface area is 158 Å². The molecule has 2 rings (SSSR count). The van der Waals surface area contributed by atoms with Crippen LogP contribution in [-0.2, 0) is 0 Å². The number of alkyl halides is 6. The fourth-order valence-corrected chi connectivity index (χ4v) is 2.36. The Hall–Kier alpha value is -2.07. The third-order valence-corrected chi connectivity index (χ3v) is 4.16. The van der Waals surface area contributed by atoms with E-state index in [1.165, 1.54) is 36.4 Å². The average Bonchev–Trinajstić information content (AvgIpc) is 2.58. The second-order valence-electron chi connectivity index (χ2n) is 5.58. The van der Waals surface area contributed by atoms with Crippen molar-refractivity contribution in [2.75, 3.05) is 5.43 Å². The number of halogens is 7. The molecule has 146 valence electrons. The summed E-state index contributed by atoms with van der Waals surface area (Å²) in [6, 6.07) is 13.4. The van der Waals surface area contributed by atoms with E-state index in [9.17, 15) is 31.4 Å². The molecule has 0 saturated carbocycles. The highest BCUT2D eigenvalue weighted by Gasteiger charge is 2.70. The maximum absolute atomic E-state index is 13.1. The summed E-state index contributed by atoms with van der Waals surface area (Å²) in [5, 5.41) is 13.2. The third kappa shape index (κ3) is 5.01. The number of anilines is 1. The number of aliphatic hydroxyl groups is 1. The van der Waals surface area contributed by atoms with Gasteiger partial charge in [0, 0.05) is 10.9 Å². The topological polar surface area (TPSA) is 44.6 Å². The molecule has 0 atom stereocenters. The molecule has 2 aromatic rings. The second-order valence-corrected chi connectivity index (χ2v) is 6.49. The van der Waals surface area contributed by atoms with Crippen LogP contribution in [0.25, 0.3) is 0 Å². The van der Waals surface area contributed by atoms with Crippen molar-refractivity contribution in [2.45, 2.75) is 24.4 Å². The monoisotopic (exact) mass is 454 g/mol. The highest BCUT2D eigenvalue weighted by atomic mass is 79.9. The van der Waals surface area contributed by atoms with E-state index < -0.39 is 30.1 Å². The van der Waals surface area contributed by atoms with Gasteiger partial charge < -0.3 is 5.11 Å². The summed E-state index contributed by atoms with van der Waals surface area (Å²) in [6.07, 6.45) is -13.7. The maximum atomic E-state index is 13.1. The van der Waals surface area contributed by atoms with Gasteiger partial charge >= 0.3 is 12.4 Å². The molecule has 3 nitrogen and oxygen atoms in total. The number of hydrazone groups is 1. The van der Waals surface area contributed by atoms with E-state index in [1.54, 1.807) is 18.2 Å². The number of nitrogens with one attached hydrogen (secondary N) is 1. The molecule has 27 heavy (non-hydrogen) atoms. The second kappa shape index (κ2) is 7.89. The SMILES string of the molecule is OC(CC(=NNc1ccccc1)c1ccc(Br)cc1)(C(F)(F)F)C(F)(F)F. The van der Waals surface area contributed by atoms with E-state index in [1.807, 2.05) is 0 Å². The normalized spacial score (nSPS) is 13.6. The molecule has 0 saturated heterocycles. The highest BCUT2D eigenvalue weighted by molar-refractivity contribution is 9.10. The molecule has 0 radical (unpaired) electrons. The molecule has 0 spiro atoms. The Balaban J connectivity index is 2.47. The van der Waals surface area contributed by atoms with Gasteiger partial charge in [0.2, 0.25) is 0 Å². The van der Waals surface area contributed by atoms with Crippen molar-refractivity contribution in [1.29, 1.82) is 0 Å². The zero-order valence-electron chi connectivity index (χ0n) is 13.4. The van der Waals surface area contributed by atoms with Crippen molar-refractivity contribution in [3.63, 3.8) is 0 Å². The van der Waals surface area contributed by atoms with Gasteiger partial charge in [0.15, 0.2) is 0 Å². The summed E-state index contributed by atoms with van der Waals surface area (Å²) in [6.45, 7) is 0. The van der Waals surface area contributed by atoms with Gasteiger partial charge in [0.05, 0.1) is 11.4 Å². The Morgan fingerprint density at radius 2 is 1.41 bits per heavy atom. The first-order valence-corrected chi connectivity index (χ1v) is 8.23. The van der Waals surface area contributed by atoms with Crippen molar-refractivity contribution in [3.8, 4) is 0 Å². The lowest BCUT2D eigenvalue weighted by atomic mass is 9.92. The van der Waals surface area contributed by atoms with Crippen molar-refractivity contribution in [1.82, 2.24) is 0 Å². The molecule has 0 aromatic heterocycles. The Morgan fingerprint density at radius 1 is 0.889 bits per heavy atom. The molecule has 2 N–H and O–H groups in total. The molecular weight excluding hydrogens is 442 g/mol. The van der Waals surface area contributed by atoms with Crippen LogP contribution in [0.15, 0.2) is 64.2 Å². The standard InChI is InChI=1S/C17H13BrF6N2O/c18-12-8-6-11(7-9-12)14(26-25-13-4-2-1-3-5-13)10-15(27,16(19,20)21)17(22,23)24/h1-9,25,27H,10H2. The fourth-order valence-electron chi connectivity index (χ4n) is 2.10. The van der Waals surface area contributed by atoms with E-state index >= 15 is 0 Å². The van der Waals surface area contributed by atoms with Crippen LogP contribution in [-0.4, -0.2) is 28.8 Å². The van der Waals surface area contributed by atoms with E-state index in [0.717, 1.165) is 0 Å². The molecular formula is C17H13BrF6N2O. The minimum Gasteiger partial charge on any atom is -0.373 e. The summed E-state index contributed by atoms with van der Waals surface area (Å²) in [7, 11) is 0. The van der Waals surface area contributed by atoms with Crippen molar-refractivity contribution < 1.29 is 31.4 Å². The molecule has 0 aliphatic heterocycles. The fraction of sp³-hybridized carbons (Fsp3) is 0.235. The number of rotatable bonds is 5. The lowest BCUT2D eigenvalue weighted by Gasteiger charge is -2.32. The Bertz CT molecular complexity index is 774. The molecule has 10 heteroatoms. The minimum atomic E-state index is -5.94. The first-order chi connectivity index (χ1) is 12.4. The van der Waals surface area contributed by atoms with Gasteiger partial charge in [0.25, 0.3) is 5.60 Å². The van der Waals surface area contributed by atoms with Gasteiger partial charge in [-0.25, -0.2) is 0 Å². The van der Waals surface area contributed by atoms with E-state index in [2.05, 4.69) is 26.5 Å². The Morgan fingerprint density at radius 3 is 1.89 bits per heavy atom. The molecule has 0 amide bonds. The molecule has 0 aliphatic carbocycles. The first kappa shape index (κ1) is 21.2. The third-order valence-electron chi connectivity index (χ3n) is 3.63. The number of nitrogens with zero attached hydrogens (tertiary/aromatic N) is 1. The minimum absolute atomic E-state index is 0.00597. The highest BCUT2D eigenvalue weighted by Crippen LogP contribution is 2.45.